The van der Waals surface area contributed by atoms with E-state index in [0.717, 1.165) is 51.1 Å². The molecule has 0 spiro atoms. The standard InChI is InChI=1S/C77H78BN3O/c1-46-38-67-70-68(39-46)81(64-43-58-57(40-47(64)2)74(9,10)45-75(58,11)12)65-41-52(79(50-32-28-48(29-33-50)72(3,4)5)51-34-30-49(31-35-51)73(6,7)8)36-37-61(65)78(70)62-42-59-60(77(15,16)56-25-19-18-24-55(56)76(59,13)14)44-66(62)80(67)63-26-21-23-54-53-22-17-20-27-69(53)82-71(54)63/h17-44H,45H2,1-16H3. The summed E-state index contributed by atoms with van der Waals surface area (Å²) in [4.78, 5) is 7.75. The zero-order chi connectivity index (χ0) is 57.5. The van der Waals surface area contributed by atoms with Crippen LogP contribution in [0, 0.1) is 13.8 Å². The van der Waals surface area contributed by atoms with Gasteiger partial charge in [0, 0.05) is 67.1 Å². The Morgan fingerprint density at radius 3 is 1.52 bits per heavy atom. The average molecular weight is 1070 g/mol. The highest BCUT2D eigenvalue weighted by atomic mass is 16.3. The van der Waals surface area contributed by atoms with E-state index < -0.39 is 0 Å². The van der Waals surface area contributed by atoms with Crippen LogP contribution in [0.1, 0.15) is 159 Å². The zero-order valence-corrected chi connectivity index (χ0v) is 51.2. The third-order valence-electron chi connectivity index (χ3n) is 19.7. The topological polar surface area (TPSA) is 22.9 Å². The van der Waals surface area contributed by atoms with Crippen LogP contribution in [0.25, 0.3) is 21.9 Å². The molecule has 3 heterocycles. The molecule has 0 atom stereocenters. The summed E-state index contributed by atoms with van der Waals surface area (Å²) in [7, 11) is 0. The van der Waals surface area contributed by atoms with Gasteiger partial charge in [-0.2, -0.15) is 0 Å². The van der Waals surface area contributed by atoms with Crippen molar-refractivity contribution < 1.29 is 4.42 Å². The van der Waals surface area contributed by atoms with Gasteiger partial charge >= 0.3 is 0 Å². The van der Waals surface area contributed by atoms with E-state index in [-0.39, 0.29) is 39.2 Å². The maximum absolute atomic E-state index is 7.07. The monoisotopic (exact) mass is 1070 g/mol. The number of para-hydroxylation sites is 2. The summed E-state index contributed by atoms with van der Waals surface area (Å²) in [6.07, 6.45) is 1.10. The molecule has 5 heteroatoms. The number of furan rings is 1. The average Bonchev–Trinajstić information content (AvgIpc) is 1.13. The molecule has 0 fully saturated rings. The van der Waals surface area contributed by atoms with E-state index in [1.54, 1.807) is 0 Å². The van der Waals surface area contributed by atoms with Crippen LogP contribution in [0.3, 0.4) is 0 Å². The van der Waals surface area contributed by atoms with Gasteiger partial charge in [-0.15, -0.1) is 0 Å². The molecule has 4 nitrogen and oxygen atoms in total. The Balaban J connectivity index is 1.09. The van der Waals surface area contributed by atoms with Crippen LogP contribution < -0.4 is 31.1 Å². The minimum atomic E-state index is -0.269. The number of hydrogen-bond acceptors (Lipinski definition) is 4. The molecule has 2 aliphatic heterocycles. The Bertz CT molecular complexity index is 4250. The smallest absolute Gasteiger partial charge is 0.252 e. The van der Waals surface area contributed by atoms with Gasteiger partial charge in [-0.3, -0.25) is 0 Å². The van der Waals surface area contributed by atoms with Crippen molar-refractivity contribution in [2.75, 3.05) is 14.7 Å². The Morgan fingerprint density at radius 1 is 0.427 bits per heavy atom. The fraction of sp³-hybridized carbons (Fsp3) is 0.299. The molecule has 0 radical (unpaired) electrons. The first-order valence-corrected chi connectivity index (χ1v) is 30.0. The second-order valence-corrected chi connectivity index (χ2v) is 29.1. The first-order valence-electron chi connectivity index (χ1n) is 30.0. The summed E-state index contributed by atoms with van der Waals surface area (Å²) < 4.78 is 7.07. The number of fused-ring (bicyclic) bond motifs is 10. The third kappa shape index (κ3) is 7.63. The van der Waals surface area contributed by atoms with Gasteiger partial charge in [-0.1, -0.05) is 194 Å². The van der Waals surface area contributed by atoms with Crippen LogP contribution in [-0.4, -0.2) is 6.71 Å². The van der Waals surface area contributed by atoms with Crippen molar-refractivity contribution in [3.63, 3.8) is 0 Å². The zero-order valence-electron chi connectivity index (χ0n) is 51.2. The summed E-state index contributed by atoms with van der Waals surface area (Å²) in [6.45, 7) is 37.9. The Labute approximate surface area is 487 Å². The van der Waals surface area contributed by atoms with Crippen LogP contribution in [-0.2, 0) is 32.5 Å². The molecule has 410 valence electrons. The van der Waals surface area contributed by atoms with E-state index in [9.17, 15) is 0 Å². The van der Waals surface area contributed by atoms with Crippen molar-refractivity contribution in [3.05, 3.63) is 225 Å². The van der Waals surface area contributed by atoms with Gasteiger partial charge in [0.25, 0.3) is 6.71 Å². The summed E-state index contributed by atoms with van der Waals surface area (Å²) in [5.41, 5.74) is 29.3. The number of aryl methyl sites for hydroxylation is 2. The normalized spacial score (nSPS) is 16.8. The Hall–Kier alpha value is -7.76. The summed E-state index contributed by atoms with van der Waals surface area (Å²) >= 11 is 0. The van der Waals surface area contributed by atoms with Crippen LogP contribution in [0.15, 0.2) is 174 Å². The minimum Gasteiger partial charge on any atom is -0.454 e. The number of anilines is 9. The Kier molecular flexibility index (Phi) is 11.1. The highest BCUT2D eigenvalue weighted by Gasteiger charge is 2.49. The van der Waals surface area contributed by atoms with Crippen molar-refractivity contribution in [1.82, 2.24) is 0 Å². The molecule has 0 saturated heterocycles. The third-order valence-corrected chi connectivity index (χ3v) is 19.7. The predicted octanol–water partition coefficient (Wildman–Crippen LogP) is 19.3. The number of hydrogen-bond donors (Lipinski definition) is 0. The molecule has 1 aromatic heterocycles. The SMILES string of the molecule is Cc1cc2c3c(c1)N(c1cccc4c1oc1ccccc14)c1cc4c(cc1B3c1ccc(N(c3ccc(C(C)(C)C)cc3)c3ccc(C(C)(C)C)cc3)cc1N2c1cc2c(cc1C)C(C)(C)CC2(C)C)C(C)(C)c1ccccc1C4(C)C. The first-order chi connectivity index (χ1) is 38.7. The van der Waals surface area contributed by atoms with E-state index >= 15 is 0 Å². The lowest BCUT2D eigenvalue weighted by molar-refractivity contribution is 0.403. The lowest BCUT2D eigenvalue weighted by atomic mass is 9.33. The van der Waals surface area contributed by atoms with Crippen molar-refractivity contribution in [3.8, 4) is 0 Å². The lowest BCUT2D eigenvalue weighted by Crippen LogP contribution is -2.62. The summed E-state index contributed by atoms with van der Waals surface area (Å²) in [5, 5.41) is 2.25. The van der Waals surface area contributed by atoms with E-state index in [1.807, 2.05) is 0 Å². The van der Waals surface area contributed by atoms with Crippen LogP contribution in [0.4, 0.5) is 51.2 Å². The van der Waals surface area contributed by atoms with Gasteiger partial charge in [-0.05, 0) is 187 Å². The van der Waals surface area contributed by atoms with Crippen molar-refractivity contribution in [1.29, 1.82) is 0 Å². The quantitative estimate of drug-likeness (QED) is 0.160. The molecule has 0 N–H and O–H groups in total. The van der Waals surface area contributed by atoms with E-state index in [1.165, 1.54) is 100 Å². The molecule has 0 unspecified atom stereocenters. The predicted molar refractivity (Wildman–Crippen MR) is 351 cm³/mol. The molecule has 0 bridgehead atoms. The highest BCUT2D eigenvalue weighted by molar-refractivity contribution is 7.00. The van der Waals surface area contributed by atoms with Gasteiger partial charge in [-0.25, -0.2) is 0 Å². The maximum atomic E-state index is 7.07. The fourth-order valence-electron chi connectivity index (χ4n) is 15.6. The fourth-order valence-corrected chi connectivity index (χ4v) is 15.6. The molecule has 9 aromatic carbocycles. The van der Waals surface area contributed by atoms with Gasteiger partial charge in [0.05, 0.1) is 5.69 Å². The summed E-state index contributed by atoms with van der Waals surface area (Å²) in [5.74, 6) is 0. The second kappa shape index (κ2) is 17.4. The van der Waals surface area contributed by atoms with Crippen LogP contribution >= 0.6 is 0 Å². The van der Waals surface area contributed by atoms with Crippen molar-refractivity contribution >= 4 is 96.2 Å². The first kappa shape index (κ1) is 52.3. The van der Waals surface area contributed by atoms with Crippen molar-refractivity contribution in [2.45, 2.75) is 150 Å². The van der Waals surface area contributed by atoms with Crippen molar-refractivity contribution in [2.24, 2.45) is 0 Å². The van der Waals surface area contributed by atoms with Crippen LogP contribution in [0.2, 0.25) is 0 Å². The molecular weight excluding hydrogens is 994 g/mol. The van der Waals surface area contributed by atoms with E-state index in [4.69, 9.17) is 4.42 Å². The van der Waals surface area contributed by atoms with E-state index in [2.05, 4.69) is 295 Å². The molecule has 0 saturated carbocycles. The highest BCUT2D eigenvalue weighted by Crippen LogP contribution is 2.56. The maximum Gasteiger partial charge on any atom is 0.252 e. The minimum absolute atomic E-state index is 0.00908. The molecule has 82 heavy (non-hydrogen) atoms. The number of benzene rings is 9. The molecule has 14 rings (SSSR count). The van der Waals surface area contributed by atoms with E-state index in [0.29, 0.717) is 0 Å². The molecule has 0 amide bonds. The van der Waals surface area contributed by atoms with Crippen LogP contribution in [0.5, 0.6) is 0 Å². The molecule has 10 aromatic rings. The summed E-state index contributed by atoms with van der Waals surface area (Å²) in [6, 6.07) is 65.8. The van der Waals surface area contributed by atoms with Gasteiger partial charge < -0.3 is 19.1 Å². The number of nitrogens with zero attached hydrogens (tertiary/aromatic N) is 3. The molecular formula is C77H78BN3O. The second-order valence-electron chi connectivity index (χ2n) is 29.1. The van der Waals surface area contributed by atoms with Gasteiger partial charge in [0.1, 0.15) is 5.58 Å². The lowest BCUT2D eigenvalue weighted by Gasteiger charge is -2.48. The van der Waals surface area contributed by atoms with Gasteiger partial charge in [0.15, 0.2) is 5.58 Å². The molecule has 2 aliphatic carbocycles. The molecule has 4 aliphatic rings. The number of rotatable bonds is 5. The Morgan fingerprint density at radius 2 is 0.927 bits per heavy atom. The largest absolute Gasteiger partial charge is 0.454 e. The van der Waals surface area contributed by atoms with Gasteiger partial charge in [0.2, 0.25) is 0 Å².